The molecule has 1 aliphatic rings. The zero-order valence-electron chi connectivity index (χ0n) is 10.0. The predicted octanol–water partition coefficient (Wildman–Crippen LogP) is 1.34. The molecule has 1 aromatic rings. The fourth-order valence-electron chi connectivity index (χ4n) is 2.42. The van der Waals surface area contributed by atoms with Gasteiger partial charge >= 0.3 is 0 Å². The van der Waals surface area contributed by atoms with Gasteiger partial charge in [-0.05, 0) is 38.5 Å². The van der Waals surface area contributed by atoms with E-state index >= 15 is 0 Å². The van der Waals surface area contributed by atoms with Gasteiger partial charge in [-0.25, -0.2) is 0 Å². The zero-order valence-corrected chi connectivity index (χ0v) is 10.0. The summed E-state index contributed by atoms with van der Waals surface area (Å²) in [6.07, 6.45) is 3.63. The normalized spacial score (nSPS) is 25.0. The van der Waals surface area contributed by atoms with Crippen molar-refractivity contribution in [3.63, 3.8) is 0 Å². The van der Waals surface area contributed by atoms with Crippen LogP contribution < -0.4 is 5.73 Å². The molecule has 1 aliphatic heterocycles. The molecule has 0 radical (unpaired) electrons. The number of rotatable bonds is 2. The molecule has 1 aromatic heterocycles. The molecule has 0 aliphatic carbocycles. The van der Waals surface area contributed by atoms with E-state index in [0.717, 1.165) is 0 Å². The minimum Gasteiger partial charge on any atom is -0.370 e. The second-order valence-corrected chi connectivity index (χ2v) is 4.65. The van der Waals surface area contributed by atoms with Gasteiger partial charge in [0.2, 0.25) is 0 Å². The van der Waals surface area contributed by atoms with Crippen LogP contribution in [0.1, 0.15) is 26.3 Å². The van der Waals surface area contributed by atoms with Crippen molar-refractivity contribution in [3.8, 4) is 0 Å². The van der Waals surface area contributed by atoms with E-state index in [2.05, 4.69) is 35.6 Å². The Kier molecular flexibility index (Phi) is 2.58. The van der Waals surface area contributed by atoms with Gasteiger partial charge in [0.25, 0.3) is 0 Å². The molecule has 0 saturated heterocycles. The first-order valence-electron chi connectivity index (χ1n) is 5.55. The molecule has 0 bridgehead atoms. The third kappa shape index (κ3) is 1.54. The number of nitrogens with two attached hydrogens (primary N) is 1. The summed E-state index contributed by atoms with van der Waals surface area (Å²) in [4.78, 5) is 10.6. The van der Waals surface area contributed by atoms with Crippen molar-refractivity contribution in [3.05, 3.63) is 30.1 Å². The van der Waals surface area contributed by atoms with Crippen LogP contribution in [0, 0.1) is 0 Å². The summed E-state index contributed by atoms with van der Waals surface area (Å²) in [5.74, 6) is 0.634. The lowest BCUT2D eigenvalue weighted by Gasteiger charge is -2.39. The Morgan fingerprint density at radius 3 is 2.56 bits per heavy atom. The summed E-state index contributed by atoms with van der Waals surface area (Å²) in [5.41, 5.74) is 7.02. The van der Waals surface area contributed by atoms with Crippen molar-refractivity contribution in [2.45, 2.75) is 32.4 Å². The number of pyridine rings is 1. The van der Waals surface area contributed by atoms with Crippen LogP contribution in [0.5, 0.6) is 0 Å². The van der Waals surface area contributed by atoms with Gasteiger partial charge in [-0.1, -0.05) is 0 Å². The molecule has 86 valence electrons. The first-order valence-corrected chi connectivity index (χ1v) is 5.55. The summed E-state index contributed by atoms with van der Waals surface area (Å²) < 4.78 is 0. The highest BCUT2D eigenvalue weighted by Gasteiger charge is 2.40. The lowest BCUT2D eigenvalue weighted by Crippen LogP contribution is -2.51. The Balaban J connectivity index is 2.40. The van der Waals surface area contributed by atoms with E-state index < -0.39 is 0 Å². The molecule has 1 atom stereocenters. The Bertz CT molecular complexity index is 399. The summed E-state index contributed by atoms with van der Waals surface area (Å²) in [6.45, 7) is 7.15. The molecular weight excluding hydrogens is 200 g/mol. The smallest absolute Gasteiger partial charge is 0.192 e. The fourth-order valence-corrected chi connectivity index (χ4v) is 2.42. The van der Waals surface area contributed by atoms with Crippen LogP contribution in [-0.4, -0.2) is 28.4 Å². The van der Waals surface area contributed by atoms with Crippen LogP contribution in [0.25, 0.3) is 0 Å². The highest BCUT2D eigenvalue weighted by Crippen LogP contribution is 2.33. The van der Waals surface area contributed by atoms with Crippen LogP contribution in [0.4, 0.5) is 0 Å². The Labute approximate surface area is 96.2 Å². The van der Waals surface area contributed by atoms with E-state index in [-0.39, 0.29) is 5.54 Å². The van der Waals surface area contributed by atoms with Crippen LogP contribution >= 0.6 is 0 Å². The number of guanidine groups is 1. The molecule has 0 saturated carbocycles. The second kappa shape index (κ2) is 3.77. The van der Waals surface area contributed by atoms with E-state index in [9.17, 15) is 0 Å². The highest BCUT2D eigenvalue weighted by molar-refractivity contribution is 5.81. The van der Waals surface area contributed by atoms with Gasteiger partial charge < -0.3 is 10.6 Å². The quantitative estimate of drug-likeness (QED) is 0.815. The molecule has 0 amide bonds. The number of nitrogens with zero attached hydrogens (tertiary/aromatic N) is 3. The van der Waals surface area contributed by atoms with Crippen LogP contribution in [0.15, 0.2) is 29.5 Å². The van der Waals surface area contributed by atoms with E-state index in [1.165, 1.54) is 5.56 Å². The number of aliphatic imine (C=N–C) groups is 1. The summed E-state index contributed by atoms with van der Waals surface area (Å²) in [5, 5.41) is 0. The van der Waals surface area contributed by atoms with Crippen molar-refractivity contribution < 1.29 is 0 Å². The SMILES string of the molecule is CC(C)N1C(N)=NCC1(C)c1ccncc1. The second-order valence-electron chi connectivity index (χ2n) is 4.65. The molecular formula is C12H18N4. The van der Waals surface area contributed by atoms with Crippen molar-refractivity contribution in [1.29, 1.82) is 0 Å². The predicted molar refractivity (Wildman–Crippen MR) is 65.1 cm³/mol. The lowest BCUT2D eigenvalue weighted by molar-refractivity contribution is 0.185. The summed E-state index contributed by atoms with van der Waals surface area (Å²) >= 11 is 0. The first kappa shape index (κ1) is 10.9. The number of aromatic nitrogens is 1. The monoisotopic (exact) mass is 218 g/mol. The first-order chi connectivity index (χ1) is 7.55. The average molecular weight is 218 g/mol. The van der Waals surface area contributed by atoms with E-state index in [1.807, 2.05) is 24.5 Å². The largest absolute Gasteiger partial charge is 0.370 e. The van der Waals surface area contributed by atoms with Crippen molar-refractivity contribution in [2.24, 2.45) is 10.7 Å². The molecule has 4 heteroatoms. The van der Waals surface area contributed by atoms with Crippen LogP contribution in [-0.2, 0) is 5.54 Å². The Morgan fingerprint density at radius 1 is 1.38 bits per heavy atom. The van der Waals surface area contributed by atoms with Crippen molar-refractivity contribution in [1.82, 2.24) is 9.88 Å². The lowest BCUT2D eigenvalue weighted by atomic mass is 9.91. The van der Waals surface area contributed by atoms with E-state index in [0.29, 0.717) is 18.5 Å². The van der Waals surface area contributed by atoms with E-state index in [1.54, 1.807) is 0 Å². The van der Waals surface area contributed by atoms with Gasteiger partial charge in [0.1, 0.15) is 0 Å². The Morgan fingerprint density at radius 2 is 2.00 bits per heavy atom. The van der Waals surface area contributed by atoms with E-state index in [4.69, 9.17) is 5.73 Å². The molecule has 4 nitrogen and oxygen atoms in total. The topological polar surface area (TPSA) is 54.5 Å². The third-order valence-corrected chi connectivity index (χ3v) is 3.15. The van der Waals surface area contributed by atoms with Gasteiger partial charge in [-0.15, -0.1) is 0 Å². The van der Waals surface area contributed by atoms with Crippen molar-refractivity contribution >= 4 is 5.96 Å². The van der Waals surface area contributed by atoms with Gasteiger partial charge in [-0.2, -0.15) is 0 Å². The van der Waals surface area contributed by atoms with Crippen molar-refractivity contribution in [2.75, 3.05) is 6.54 Å². The minimum atomic E-state index is -0.138. The molecule has 0 fully saturated rings. The third-order valence-electron chi connectivity index (χ3n) is 3.15. The fraction of sp³-hybridized carbons (Fsp3) is 0.500. The standard InChI is InChI=1S/C12H18N4/c1-9(2)16-11(13)15-8-12(16,3)10-4-6-14-7-5-10/h4-7,9H,8H2,1-3H3,(H2,13,15). The maximum absolute atomic E-state index is 5.95. The van der Waals surface area contributed by atoms with Crippen LogP contribution in [0.2, 0.25) is 0 Å². The molecule has 16 heavy (non-hydrogen) atoms. The molecule has 0 aromatic carbocycles. The minimum absolute atomic E-state index is 0.138. The molecule has 2 rings (SSSR count). The molecule has 2 N–H and O–H groups in total. The maximum atomic E-state index is 5.95. The molecule has 0 spiro atoms. The average Bonchev–Trinajstić information content (AvgIpc) is 2.57. The molecule has 2 heterocycles. The number of hydrogen-bond acceptors (Lipinski definition) is 4. The Hall–Kier alpha value is -1.58. The summed E-state index contributed by atoms with van der Waals surface area (Å²) in [6, 6.07) is 4.40. The zero-order chi connectivity index (χ0) is 11.8. The van der Waals surface area contributed by atoms with Gasteiger partial charge in [-0.3, -0.25) is 9.98 Å². The van der Waals surface area contributed by atoms with Crippen LogP contribution in [0.3, 0.4) is 0 Å². The van der Waals surface area contributed by atoms with Gasteiger partial charge in [0.15, 0.2) is 5.96 Å². The summed E-state index contributed by atoms with van der Waals surface area (Å²) in [7, 11) is 0. The van der Waals surface area contributed by atoms with Gasteiger partial charge in [0.05, 0.1) is 12.1 Å². The maximum Gasteiger partial charge on any atom is 0.192 e. The molecule has 1 unspecified atom stereocenters. The highest BCUT2D eigenvalue weighted by atomic mass is 15.4. The number of hydrogen-bond donors (Lipinski definition) is 1. The van der Waals surface area contributed by atoms with Gasteiger partial charge in [0, 0.05) is 18.4 Å².